The second kappa shape index (κ2) is 20.2. The lowest BCUT2D eigenvalue weighted by molar-refractivity contribution is -0.118. The molecule has 1 unspecified atom stereocenters. The molecule has 1 saturated heterocycles. The first-order valence-corrected chi connectivity index (χ1v) is 21.2. The first-order valence-electron chi connectivity index (χ1n) is 21.2. The van der Waals surface area contributed by atoms with Crippen molar-refractivity contribution in [3.8, 4) is 16.9 Å². The summed E-state index contributed by atoms with van der Waals surface area (Å²) in [5.74, 6) is -0.269. The Bertz CT molecular complexity index is 2590. The average Bonchev–Trinajstić information content (AvgIpc) is 3.27. The number of nitrogens with one attached hydrogen (secondary N) is 4. The minimum absolute atomic E-state index is 0.0502. The standard InChI is InChI=1S/C50H54N6O6/c1-33-16-17-38(49(60)52-39-13-9-10-35(31-39)30-34(2)51-26-22-37-18-20-45(57)48-42(37)19-21-46(58)54-48)32-44(33)55(3)47(59)25-29-56-27-23-40(24-28-56)62-50(61)53-43-15-8-7-14-41(43)36-11-5-4-6-12-36/h4-21,31-32,34,40,51,57H,22-30H2,1-3H3,(H,52,60)(H,53,61)(H,54,58). The molecule has 320 valence electrons. The van der Waals surface area contributed by atoms with E-state index in [0.29, 0.717) is 80.0 Å². The third kappa shape index (κ3) is 11.1. The Morgan fingerprint density at radius 3 is 2.47 bits per heavy atom. The Balaban J connectivity index is 0.853. The van der Waals surface area contributed by atoms with E-state index in [4.69, 9.17) is 4.74 Å². The number of carbonyl (C=O) groups excluding carboxylic acids is 3. The second-order valence-electron chi connectivity index (χ2n) is 16.0. The van der Waals surface area contributed by atoms with Gasteiger partial charge in [-0.05, 0) is 111 Å². The highest BCUT2D eigenvalue weighted by Gasteiger charge is 2.24. The molecule has 62 heavy (non-hydrogen) atoms. The molecular formula is C50H54N6O6. The molecule has 1 aliphatic heterocycles. The van der Waals surface area contributed by atoms with Crippen molar-refractivity contribution in [2.24, 2.45) is 0 Å². The zero-order valence-corrected chi connectivity index (χ0v) is 35.4. The first-order chi connectivity index (χ1) is 30.0. The molecule has 0 bridgehead atoms. The maximum Gasteiger partial charge on any atom is 0.411 e. The number of rotatable bonds is 15. The van der Waals surface area contributed by atoms with E-state index < -0.39 is 6.09 Å². The van der Waals surface area contributed by atoms with Gasteiger partial charge in [0.25, 0.3) is 5.91 Å². The molecule has 5 N–H and O–H groups in total. The zero-order chi connectivity index (χ0) is 43.6. The lowest BCUT2D eigenvalue weighted by Gasteiger charge is -2.32. The van der Waals surface area contributed by atoms with Crippen LogP contribution in [0.5, 0.6) is 5.75 Å². The van der Waals surface area contributed by atoms with Crippen molar-refractivity contribution in [1.82, 2.24) is 15.2 Å². The van der Waals surface area contributed by atoms with Gasteiger partial charge in [-0.15, -0.1) is 0 Å². The summed E-state index contributed by atoms with van der Waals surface area (Å²) >= 11 is 0. The fourth-order valence-electron chi connectivity index (χ4n) is 8.04. The SMILES string of the molecule is Cc1ccc(C(=O)Nc2cccc(CC(C)NCCc3ccc(O)c4[nH]c(=O)ccc34)c2)cc1N(C)C(=O)CCN1CCC(OC(=O)Nc2ccccc2-c2ccccc2)CC1. The van der Waals surface area contributed by atoms with Crippen LogP contribution in [0.15, 0.2) is 126 Å². The predicted octanol–water partition coefficient (Wildman–Crippen LogP) is 8.29. The van der Waals surface area contributed by atoms with Crippen LogP contribution in [0.3, 0.4) is 0 Å². The van der Waals surface area contributed by atoms with Crippen molar-refractivity contribution < 1.29 is 24.2 Å². The minimum Gasteiger partial charge on any atom is -0.506 e. The highest BCUT2D eigenvalue weighted by atomic mass is 16.6. The van der Waals surface area contributed by atoms with Crippen LogP contribution >= 0.6 is 0 Å². The van der Waals surface area contributed by atoms with E-state index in [1.54, 1.807) is 36.2 Å². The number of phenols is 1. The number of benzene rings is 5. The molecule has 12 heteroatoms. The highest BCUT2D eigenvalue weighted by molar-refractivity contribution is 6.06. The van der Waals surface area contributed by atoms with Gasteiger partial charge in [0.05, 0.1) is 11.2 Å². The lowest BCUT2D eigenvalue weighted by Crippen LogP contribution is -2.40. The summed E-state index contributed by atoms with van der Waals surface area (Å²) in [4.78, 5) is 58.2. The summed E-state index contributed by atoms with van der Waals surface area (Å²) in [6.07, 6.45) is 2.44. The number of para-hydroxylation sites is 1. The maximum absolute atomic E-state index is 13.5. The number of phenolic OH excluding ortho intramolecular Hbond substituents is 1. The maximum atomic E-state index is 13.5. The number of anilines is 3. The number of aryl methyl sites for hydroxylation is 1. The van der Waals surface area contributed by atoms with Gasteiger partial charge in [0, 0.05) is 73.1 Å². The normalized spacial score (nSPS) is 13.7. The molecule has 1 fully saturated rings. The summed E-state index contributed by atoms with van der Waals surface area (Å²) < 4.78 is 5.80. The fraction of sp³-hybridized carbons (Fsp3) is 0.280. The molecular weight excluding hydrogens is 781 g/mol. The van der Waals surface area contributed by atoms with Gasteiger partial charge in [0.1, 0.15) is 11.9 Å². The van der Waals surface area contributed by atoms with Gasteiger partial charge in [-0.3, -0.25) is 19.7 Å². The number of aromatic hydroxyl groups is 1. The molecule has 0 saturated carbocycles. The average molecular weight is 835 g/mol. The zero-order valence-electron chi connectivity index (χ0n) is 35.4. The first kappa shape index (κ1) is 43.3. The molecule has 0 radical (unpaired) electrons. The molecule has 1 aliphatic rings. The number of nitrogens with zero attached hydrogens (tertiary/aromatic N) is 2. The molecule has 3 amide bonds. The van der Waals surface area contributed by atoms with Gasteiger partial charge < -0.3 is 35.3 Å². The lowest BCUT2D eigenvalue weighted by atomic mass is 10.0. The Morgan fingerprint density at radius 2 is 1.66 bits per heavy atom. The van der Waals surface area contributed by atoms with Gasteiger partial charge >= 0.3 is 6.09 Å². The van der Waals surface area contributed by atoms with Crippen molar-refractivity contribution in [3.63, 3.8) is 0 Å². The van der Waals surface area contributed by atoms with E-state index in [0.717, 1.165) is 39.6 Å². The number of ether oxygens (including phenoxy) is 1. The molecule has 2 heterocycles. The Labute approximate surface area is 361 Å². The molecule has 5 aromatic carbocycles. The number of H-pyrrole nitrogens is 1. The topological polar surface area (TPSA) is 156 Å². The van der Waals surface area contributed by atoms with Crippen LogP contribution in [0, 0.1) is 6.92 Å². The monoisotopic (exact) mass is 834 g/mol. The molecule has 0 aliphatic carbocycles. The van der Waals surface area contributed by atoms with Crippen molar-refractivity contribution in [2.45, 2.75) is 58.1 Å². The number of aromatic amines is 1. The smallest absolute Gasteiger partial charge is 0.411 e. The van der Waals surface area contributed by atoms with Crippen molar-refractivity contribution in [3.05, 3.63) is 154 Å². The van der Waals surface area contributed by atoms with Gasteiger partial charge in [-0.25, -0.2) is 4.79 Å². The Morgan fingerprint density at radius 1 is 0.887 bits per heavy atom. The fourth-order valence-corrected chi connectivity index (χ4v) is 8.04. The van der Waals surface area contributed by atoms with Gasteiger partial charge in [0.15, 0.2) is 0 Å². The number of carbonyl (C=O) groups is 3. The van der Waals surface area contributed by atoms with Crippen molar-refractivity contribution >= 4 is 45.9 Å². The molecule has 1 aromatic heterocycles. The Kier molecular flexibility index (Phi) is 14.1. The molecule has 6 aromatic rings. The van der Waals surface area contributed by atoms with Crippen LogP contribution in [0.2, 0.25) is 0 Å². The minimum atomic E-state index is -0.474. The second-order valence-corrected chi connectivity index (χ2v) is 16.0. The van der Waals surface area contributed by atoms with Gasteiger partial charge in [0.2, 0.25) is 11.5 Å². The van der Waals surface area contributed by atoms with E-state index >= 15 is 0 Å². The van der Waals surface area contributed by atoms with Gasteiger partial charge in [-0.2, -0.15) is 0 Å². The van der Waals surface area contributed by atoms with Crippen molar-refractivity contribution in [2.75, 3.05) is 48.8 Å². The molecule has 1 atom stereocenters. The summed E-state index contributed by atoms with van der Waals surface area (Å²) in [6, 6.07) is 37.6. The summed E-state index contributed by atoms with van der Waals surface area (Å²) in [5, 5.41) is 20.5. The van der Waals surface area contributed by atoms with E-state index in [9.17, 15) is 24.3 Å². The summed E-state index contributed by atoms with van der Waals surface area (Å²) in [6.45, 7) is 6.74. The third-order valence-corrected chi connectivity index (χ3v) is 11.5. The van der Waals surface area contributed by atoms with Crippen LogP contribution in [-0.2, 0) is 22.4 Å². The van der Waals surface area contributed by atoms with Crippen LogP contribution in [0.4, 0.5) is 21.9 Å². The largest absolute Gasteiger partial charge is 0.506 e. The van der Waals surface area contributed by atoms with Crippen LogP contribution < -0.4 is 26.4 Å². The number of pyridine rings is 1. The number of likely N-dealkylation sites (tertiary alicyclic amines) is 1. The number of piperidine rings is 1. The number of hydrogen-bond acceptors (Lipinski definition) is 8. The summed E-state index contributed by atoms with van der Waals surface area (Å²) in [5.41, 5.74) is 7.60. The molecule has 7 rings (SSSR count). The number of amides is 3. The van der Waals surface area contributed by atoms with E-state index in [1.165, 1.54) is 6.07 Å². The van der Waals surface area contributed by atoms with Crippen molar-refractivity contribution in [1.29, 1.82) is 0 Å². The van der Waals surface area contributed by atoms with Gasteiger partial charge in [-0.1, -0.05) is 72.8 Å². The summed E-state index contributed by atoms with van der Waals surface area (Å²) in [7, 11) is 1.74. The van der Waals surface area contributed by atoms with Crippen LogP contribution in [0.1, 0.15) is 53.2 Å². The van der Waals surface area contributed by atoms with E-state index in [-0.39, 0.29) is 35.3 Å². The molecule has 0 spiro atoms. The molecule has 12 nitrogen and oxygen atoms in total. The van der Waals surface area contributed by atoms with Crippen LogP contribution in [-0.4, -0.2) is 78.3 Å². The van der Waals surface area contributed by atoms with E-state index in [1.807, 2.05) is 97.9 Å². The number of hydrogen-bond donors (Lipinski definition) is 5. The number of fused-ring (bicyclic) bond motifs is 1. The van der Waals surface area contributed by atoms with E-state index in [2.05, 4.69) is 32.8 Å². The predicted molar refractivity (Wildman–Crippen MR) is 246 cm³/mol. The number of aromatic nitrogens is 1. The van der Waals surface area contributed by atoms with Crippen LogP contribution in [0.25, 0.3) is 22.0 Å². The quantitative estimate of drug-likeness (QED) is 0.0693. The highest BCUT2D eigenvalue weighted by Crippen LogP contribution is 2.29. The Hall–Kier alpha value is -6.76. The third-order valence-electron chi connectivity index (χ3n) is 11.5.